The van der Waals surface area contributed by atoms with E-state index < -0.39 is 39.9 Å². The van der Waals surface area contributed by atoms with E-state index in [-0.39, 0.29) is 18.5 Å². The molecule has 1 aliphatic carbocycles. The summed E-state index contributed by atoms with van der Waals surface area (Å²) < 4.78 is 25.7. The number of anilines is 2. The van der Waals surface area contributed by atoms with Gasteiger partial charge in [0, 0.05) is 28.2 Å². The molecule has 7 nitrogen and oxygen atoms in total. The third kappa shape index (κ3) is 7.99. The molecule has 35 heavy (non-hydrogen) atoms. The molecule has 1 atom stereocenters. The predicted molar refractivity (Wildman–Crippen MR) is 136 cm³/mol. The molecule has 188 valence electrons. The highest BCUT2D eigenvalue weighted by Crippen LogP contribution is 2.23. The summed E-state index contributed by atoms with van der Waals surface area (Å²) in [5.74, 6) is -2.53. The SMILES string of the molecule is Cc1cccc(N(CC(=O)NC2CCCCC2)C(=O)CS(=O)CC(=O)Nc2ccc(F)cc2)c1C. The number of halogens is 1. The molecule has 1 aliphatic rings. The minimum atomic E-state index is -1.79. The maximum atomic E-state index is 13.2. The Balaban J connectivity index is 1.66. The molecular formula is C26H32FN3O4S. The lowest BCUT2D eigenvalue weighted by molar-refractivity contribution is -0.123. The zero-order valence-electron chi connectivity index (χ0n) is 20.1. The first-order valence-electron chi connectivity index (χ1n) is 11.8. The summed E-state index contributed by atoms with van der Waals surface area (Å²) in [6.45, 7) is 3.61. The van der Waals surface area contributed by atoms with Gasteiger partial charge in [0.25, 0.3) is 0 Å². The van der Waals surface area contributed by atoms with Crippen molar-refractivity contribution < 1.29 is 23.0 Å². The molecule has 0 bridgehead atoms. The van der Waals surface area contributed by atoms with E-state index in [0.29, 0.717) is 11.4 Å². The Morgan fingerprint density at radius 1 is 0.971 bits per heavy atom. The minimum absolute atomic E-state index is 0.107. The Labute approximate surface area is 207 Å². The normalized spacial score (nSPS) is 14.7. The van der Waals surface area contributed by atoms with Crippen LogP contribution in [0.5, 0.6) is 0 Å². The lowest BCUT2D eigenvalue weighted by Crippen LogP contribution is -2.46. The molecule has 0 aromatic heterocycles. The van der Waals surface area contributed by atoms with E-state index in [1.54, 1.807) is 6.07 Å². The molecule has 0 heterocycles. The van der Waals surface area contributed by atoms with Crippen LogP contribution in [0, 0.1) is 19.7 Å². The number of rotatable bonds is 9. The fourth-order valence-electron chi connectivity index (χ4n) is 4.14. The second kappa shape index (κ2) is 12.6. The highest BCUT2D eigenvalue weighted by atomic mass is 32.2. The fraction of sp³-hybridized carbons (Fsp3) is 0.423. The van der Waals surface area contributed by atoms with Gasteiger partial charge in [-0.05, 0) is 68.1 Å². The molecule has 2 aromatic rings. The highest BCUT2D eigenvalue weighted by Gasteiger charge is 2.25. The van der Waals surface area contributed by atoms with Crippen molar-refractivity contribution in [3.05, 3.63) is 59.4 Å². The van der Waals surface area contributed by atoms with E-state index in [4.69, 9.17) is 0 Å². The van der Waals surface area contributed by atoms with Gasteiger partial charge in [0.05, 0.1) is 0 Å². The van der Waals surface area contributed by atoms with E-state index >= 15 is 0 Å². The first-order valence-corrected chi connectivity index (χ1v) is 13.3. The first kappa shape index (κ1) is 26.5. The monoisotopic (exact) mass is 501 g/mol. The van der Waals surface area contributed by atoms with Gasteiger partial charge >= 0.3 is 0 Å². The number of amides is 3. The number of carbonyl (C=O) groups is 3. The maximum Gasteiger partial charge on any atom is 0.240 e. The molecule has 1 unspecified atom stereocenters. The standard InChI is InChI=1S/C26H32FN3O4S/c1-18-7-6-10-23(19(18)2)30(15-24(31)28-21-8-4-3-5-9-21)26(33)17-35(34)16-25(32)29-22-13-11-20(27)12-14-22/h6-7,10-14,21H,3-5,8-9,15-17H2,1-2H3,(H,28,31)(H,29,32). The molecule has 2 N–H and O–H groups in total. The molecule has 9 heteroatoms. The summed E-state index contributed by atoms with van der Waals surface area (Å²) in [7, 11) is -1.79. The molecular weight excluding hydrogens is 469 g/mol. The molecule has 0 radical (unpaired) electrons. The van der Waals surface area contributed by atoms with Crippen molar-refractivity contribution in [3.63, 3.8) is 0 Å². The van der Waals surface area contributed by atoms with Crippen LogP contribution in [-0.2, 0) is 25.2 Å². The molecule has 0 saturated heterocycles. The summed E-state index contributed by atoms with van der Waals surface area (Å²) in [5, 5.41) is 5.57. The number of nitrogens with zero attached hydrogens (tertiary/aromatic N) is 1. The number of nitrogens with one attached hydrogen (secondary N) is 2. The van der Waals surface area contributed by atoms with Crippen molar-refractivity contribution in [2.45, 2.75) is 52.0 Å². The second-order valence-corrected chi connectivity index (χ2v) is 10.3. The molecule has 1 fully saturated rings. The summed E-state index contributed by atoms with van der Waals surface area (Å²) in [6, 6.07) is 10.8. The van der Waals surface area contributed by atoms with Crippen molar-refractivity contribution in [2.24, 2.45) is 0 Å². The van der Waals surface area contributed by atoms with E-state index in [2.05, 4.69) is 10.6 Å². The van der Waals surface area contributed by atoms with Gasteiger partial charge in [-0.3, -0.25) is 18.6 Å². The molecule has 3 rings (SSSR count). The van der Waals surface area contributed by atoms with Gasteiger partial charge in [0.2, 0.25) is 17.7 Å². The smallest absolute Gasteiger partial charge is 0.240 e. The van der Waals surface area contributed by atoms with Gasteiger partial charge in [-0.15, -0.1) is 0 Å². The summed E-state index contributed by atoms with van der Waals surface area (Å²) in [5.41, 5.74) is 2.77. The predicted octanol–water partition coefficient (Wildman–Crippen LogP) is 3.61. The van der Waals surface area contributed by atoms with Gasteiger partial charge in [-0.1, -0.05) is 31.4 Å². The van der Waals surface area contributed by atoms with Crippen molar-refractivity contribution in [2.75, 3.05) is 28.3 Å². The van der Waals surface area contributed by atoms with Crippen LogP contribution in [0.2, 0.25) is 0 Å². The van der Waals surface area contributed by atoms with E-state index in [1.165, 1.54) is 35.6 Å². The van der Waals surface area contributed by atoms with Crippen LogP contribution < -0.4 is 15.5 Å². The second-order valence-electron chi connectivity index (χ2n) is 8.88. The Hall–Kier alpha value is -3.07. The van der Waals surface area contributed by atoms with E-state index in [0.717, 1.165) is 36.8 Å². The van der Waals surface area contributed by atoms with Crippen LogP contribution in [0.15, 0.2) is 42.5 Å². The maximum absolute atomic E-state index is 13.2. The van der Waals surface area contributed by atoms with E-state index in [1.807, 2.05) is 26.0 Å². The largest absolute Gasteiger partial charge is 0.352 e. The van der Waals surface area contributed by atoms with Crippen molar-refractivity contribution in [1.29, 1.82) is 0 Å². The van der Waals surface area contributed by atoms with Crippen LogP contribution in [0.1, 0.15) is 43.2 Å². The summed E-state index contributed by atoms with van der Waals surface area (Å²) in [6.07, 6.45) is 5.17. The number of benzene rings is 2. The first-order chi connectivity index (χ1) is 16.7. The average Bonchev–Trinajstić information content (AvgIpc) is 2.81. The third-order valence-corrected chi connectivity index (χ3v) is 7.30. The topological polar surface area (TPSA) is 95.6 Å². The van der Waals surface area contributed by atoms with Gasteiger partial charge in [-0.25, -0.2) is 4.39 Å². The zero-order valence-corrected chi connectivity index (χ0v) is 21.0. The average molecular weight is 502 g/mol. The van der Waals surface area contributed by atoms with Gasteiger partial charge in [0.15, 0.2) is 0 Å². The Morgan fingerprint density at radius 3 is 2.34 bits per heavy atom. The molecule has 2 aromatic carbocycles. The number of hydrogen-bond donors (Lipinski definition) is 2. The molecule has 0 aliphatic heterocycles. The third-order valence-electron chi connectivity index (χ3n) is 6.14. The quantitative estimate of drug-likeness (QED) is 0.549. The van der Waals surface area contributed by atoms with Gasteiger partial charge < -0.3 is 15.5 Å². The molecule has 0 spiro atoms. The van der Waals surface area contributed by atoms with Crippen LogP contribution in [0.25, 0.3) is 0 Å². The van der Waals surface area contributed by atoms with E-state index in [9.17, 15) is 23.0 Å². The number of aryl methyl sites for hydroxylation is 1. The lowest BCUT2D eigenvalue weighted by Gasteiger charge is -2.27. The lowest BCUT2D eigenvalue weighted by atomic mass is 9.95. The zero-order chi connectivity index (χ0) is 25.4. The Morgan fingerprint density at radius 2 is 1.66 bits per heavy atom. The molecule has 3 amide bonds. The van der Waals surface area contributed by atoms with Crippen LogP contribution in [0.3, 0.4) is 0 Å². The molecule has 1 saturated carbocycles. The van der Waals surface area contributed by atoms with Gasteiger partial charge in [0.1, 0.15) is 23.9 Å². The van der Waals surface area contributed by atoms with Crippen molar-refractivity contribution >= 4 is 39.9 Å². The van der Waals surface area contributed by atoms with Crippen LogP contribution in [-0.4, -0.2) is 46.0 Å². The van der Waals surface area contributed by atoms with Crippen LogP contribution in [0.4, 0.5) is 15.8 Å². The van der Waals surface area contributed by atoms with Gasteiger partial charge in [-0.2, -0.15) is 0 Å². The van der Waals surface area contributed by atoms with Crippen molar-refractivity contribution in [1.82, 2.24) is 5.32 Å². The number of carbonyl (C=O) groups excluding carboxylic acids is 3. The highest BCUT2D eigenvalue weighted by molar-refractivity contribution is 7.86. The van der Waals surface area contributed by atoms with Crippen LogP contribution >= 0.6 is 0 Å². The number of hydrogen-bond acceptors (Lipinski definition) is 4. The Bertz CT molecular complexity index is 1080. The Kier molecular flexibility index (Phi) is 9.54. The fourth-order valence-corrected chi connectivity index (χ4v) is 5.04. The minimum Gasteiger partial charge on any atom is -0.352 e. The van der Waals surface area contributed by atoms with Crippen molar-refractivity contribution in [3.8, 4) is 0 Å². The summed E-state index contributed by atoms with van der Waals surface area (Å²) in [4.78, 5) is 39.6. The summed E-state index contributed by atoms with van der Waals surface area (Å²) >= 11 is 0.